The van der Waals surface area contributed by atoms with E-state index in [1.54, 1.807) is 0 Å². The van der Waals surface area contributed by atoms with Crippen molar-refractivity contribution < 1.29 is 14.6 Å². The third-order valence-electron chi connectivity index (χ3n) is 6.21. The van der Waals surface area contributed by atoms with Gasteiger partial charge in [0.15, 0.2) is 0 Å². The van der Waals surface area contributed by atoms with Crippen molar-refractivity contribution in [2.24, 2.45) is 5.92 Å². The number of piperidine rings is 1. The molecule has 1 unspecified atom stereocenters. The number of aryl methyl sites for hydroxylation is 1. The Hall–Kier alpha value is -2.08. The molecular weight excluding hydrogens is 412 g/mol. The Morgan fingerprint density at radius 3 is 2.84 bits per heavy atom. The van der Waals surface area contributed by atoms with Gasteiger partial charge in [0.05, 0.1) is 12.7 Å². The molecule has 3 N–H and O–H groups in total. The van der Waals surface area contributed by atoms with Gasteiger partial charge in [-0.3, -0.25) is 0 Å². The van der Waals surface area contributed by atoms with Crippen molar-refractivity contribution in [2.45, 2.75) is 44.6 Å². The molecule has 0 spiro atoms. The summed E-state index contributed by atoms with van der Waals surface area (Å²) in [6, 6.07) is 14.2. The number of alkyl carbamates (subject to hydrolysis) is 1. The minimum Gasteiger partial charge on any atom is -0.453 e. The van der Waals surface area contributed by atoms with Crippen LogP contribution in [0.25, 0.3) is 0 Å². The second-order valence-corrected chi connectivity index (χ2v) is 8.83. The summed E-state index contributed by atoms with van der Waals surface area (Å²) in [5.41, 5.74) is 3.21. The van der Waals surface area contributed by atoms with Gasteiger partial charge in [-0.1, -0.05) is 53.6 Å². The highest BCUT2D eigenvalue weighted by molar-refractivity contribution is 6.31. The predicted octanol–water partition coefficient (Wildman–Crippen LogP) is 4.56. The number of hydrogen-bond donors (Lipinski definition) is 3. The predicted molar refractivity (Wildman–Crippen MR) is 125 cm³/mol. The largest absolute Gasteiger partial charge is 0.453 e. The summed E-state index contributed by atoms with van der Waals surface area (Å²) in [4.78, 5) is 11.4. The number of carbonyl (C=O) groups is 1. The minimum atomic E-state index is -1.03. The molecule has 1 saturated heterocycles. The van der Waals surface area contributed by atoms with Crippen LogP contribution >= 0.6 is 11.6 Å². The van der Waals surface area contributed by atoms with Crippen LogP contribution in [0, 0.1) is 12.8 Å². The lowest BCUT2D eigenvalue weighted by Gasteiger charge is -2.40. The SMILES string of the molecule is COC(=O)NCCCC(O)(c1cccc(Cl)c1Cc1cccc(C)c1)[C@@H]1CCCNC1. The molecule has 1 aliphatic rings. The van der Waals surface area contributed by atoms with Gasteiger partial charge in [0, 0.05) is 24.0 Å². The first kappa shape index (κ1) is 23.6. The summed E-state index contributed by atoms with van der Waals surface area (Å²) in [6.07, 6.45) is 3.36. The molecule has 1 heterocycles. The van der Waals surface area contributed by atoms with E-state index in [2.05, 4.69) is 46.6 Å². The molecular formula is C25H33ClN2O3. The Kier molecular flexibility index (Phi) is 8.35. The van der Waals surface area contributed by atoms with Crippen molar-refractivity contribution in [3.8, 4) is 0 Å². The highest BCUT2D eigenvalue weighted by atomic mass is 35.5. The summed E-state index contributed by atoms with van der Waals surface area (Å²) >= 11 is 6.69. The fourth-order valence-corrected chi connectivity index (χ4v) is 4.85. The third-order valence-corrected chi connectivity index (χ3v) is 6.56. The molecule has 3 rings (SSSR count). The van der Waals surface area contributed by atoms with Crippen LogP contribution in [0.4, 0.5) is 4.79 Å². The Bertz CT molecular complexity index is 883. The van der Waals surface area contributed by atoms with Crippen molar-refractivity contribution in [3.63, 3.8) is 0 Å². The van der Waals surface area contributed by atoms with Gasteiger partial charge in [-0.2, -0.15) is 0 Å². The van der Waals surface area contributed by atoms with E-state index in [0.29, 0.717) is 30.8 Å². The second kappa shape index (κ2) is 11.0. The van der Waals surface area contributed by atoms with Crippen molar-refractivity contribution in [2.75, 3.05) is 26.7 Å². The summed E-state index contributed by atoms with van der Waals surface area (Å²) in [6.45, 7) is 4.26. The zero-order chi connectivity index (χ0) is 22.3. The maximum absolute atomic E-state index is 12.1. The van der Waals surface area contributed by atoms with E-state index in [-0.39, 0.29) is 5.92 Å². The van der Waals surface area contributed by atoms with Gasteiger partial charge in [0.25, 0.3) is 0 Å². The van der Waals surface area contributed by atoms with Crippen LogP contribution in [0.5, 0.6) is 0 Å². The van der Waals surface area contributed by atoms with Gasteiger partial charge >= 0.3 is 6.09 Å². The molecule has 1 fully saturated rings. The lowest BCUT2D eigenvalue weighted by atomic mass is 9.72. The Labute approximate surface area is 190 Å². The molecule has 6 heteroatoms. The van der Waals surface area contributed by atoms with Crippen molar-refractivity contribution >= 4 is 17.7 Å². The molecule has 31 heavy (non-hydrogen) atoms. The first-order valence-corrected chi connectivity index (χ1v) is 11.4. The number of ether oxygens (including phenoxy) is 1. The van der Waals surface area contributed by atoms with Gasteiger partial charge in [-0.05, 0) is 68.3 Å². The van der Waals surface area contributed by atoms with Crippen molar-refractivity contribution in [1.82, 2.24) is 10.6 Å². The molecule has 0 aliphatic carbocycles. The first-order valence-electron chi connectivity index (χ1n) is 11.0. The molecule has 2 aromatic carbocycles. The van der Waals surface area contributed by atoms with Crippen molar-refractivity contribution in [1.29, 1.82) is 0 Å². The van der Waals surface area contributed by atoms with E-state index < -0.39 is 11.7 Å². The number of halogens is 1. The molecule has 0 radical (unpaired) electrons. The Balaban J connectivity index is 1.92. The number of methoxy groups -OCH3 is 1. The number of benzene rings is 2. The highest BCUT2D eigenvalue weighted by Crippen LogP contribution is 2.41. The molecule has 5 nitrogen and oxygen atoms in total. The maximum atomic E-state index is 12.1. The van der Waals surface area contributed by atoms with Crippen LogP contribution in [-0.2, 0) is 16.8 Å². The van der Waals surface area contributed by atoms with Crippen LogP contribution in [-0.4, -0.2) is 37.9 Å². The van der Waals surface area contributed by atoms with Gasteiger partial charge in [-0.15, -0.1) is 0 Å². The average Bonchev–Trinajstić information content (AvgIpc) is 2.78. The monoisotopic (exact) mass is 444 g/mol. The first-order chi connectivity index (χ1) is 14.9. The van der Waals surface area contributed by atoms with Crippen LogP contribution in [0.3, 0.4) is 0 Å². The lowest BCUT2D eigenvalue weighted by molar-refractivity contribution is -0.0426. The number of rotatable bonds is 8. The Morgan fingerprint density at radius 1 is 1.32 bits per heavy atom. The van der Waals surface area contributed by atoms with Gasteiger partial charge < -0.3 is 20.5 Å². The normalized spacial score (nSPS) is 18.3. The van der Waals surface area contributed by atoms with Gasteiger partial charge in [0.1, 0.15) is 0 Å². The molecule has 168 valence electrons. The molecule has 0 aromatic heterocycles. The number of carbonyl (C=O) groups excluding carboxylic acids is 1. The zero-order valence-corrected chi connectivity index (χ0v) is 19.2. The number of hydrogen-bond acceptors (Lipinski definition) is 4. The topological polar surface area (TPSA) is 70.6 Å². The Morgan fingerprint density at radius 2 is 2.13 bits per heavy atom. The van der Waals surface area contributed by atoms with Gasteiger partial charge in [-0.25, -0.2) is 4.79 Å². The van der Waals surface area contributed by atoms with E-state index in [1.807, 2.05) is 18.2 Å². The van der Waals surface area contributed by atoms with E-state index in [4.69, 9.17) is 11.6 Å². The molecule has 0 saturated carbocycles. The van der Waals surface area contributed by atoms with Crippen LogP contribution in [0.2, 0.25) is 5.02 Å². The van der Waals surface area contributed by atoms with E-state index in [9.17, 15) is 9.90 Å². The average molecular weight is 445 g/mol. The number of amides is 1. The summed E-state index contributed by atoms with van der Waals surface area (Å²) in [5.74, 6) is 0.0779. The van der Waals surface area contributed by atoms with Crippen LogP contribution in [0.15, 0.2) is 42.5 Å². The second-order valence-electron chi connectivity index (χ2n) is 8.42. The molecule has 2 aromatic rings. The van der Waals surface area contributed by atoms with Crippen molar-refractivity contribution in [3.05, 3.63) is 69.7 Å². The standard InChI is InChI=1S/C25H33ClN2O3/c1-18-7-3-8-19(15-18)16-21-22(10-4-11-23(21)26)25(30,20-9-5-13-27-17-20)12-6-14-28-24(29)31-2/h3-4,7-8,10-11,15,20,27,30H,5-6,9,12-14,16-17H2,1-2H3,(H,28,29)/t20-,25?/m1/s1. The van der Waals surface area contributed by atoms with Gasteiger partial charge in [0.2, 0.25) is 0 Å². The van der Waals surface area contributed by atoms with E-state index in [1.165, 1.54) is 18.2 Å². The minimum absolute atomic E-state index is 0.0779. The summed E-state index contributed by atoms with van der Waals surface area (Å²) < 4.78 is 4.65. The fraction of sp³-hybridized carbons (Fsp3) is 0.480. The molecule has 1 amide bonds. The van der Waals surface area contributed by atoms with E-state index >= 15 is 0 Å². The summed E-state index contributed by atoms with van der Waals surface area (Å²) in [7, 11) is 1.35. The summed E-state index contributed by atoms with van der Waals surface area (Å²) in [5, 5.41) is 19.0. The quantitative estimate of drug-likeness (QED) is 0.522. The molecule has 2 atom stereocenters. The fourth-order valence-electron chi connectivity index (χ4n) is 4.61. The highest BCUT2D eigenvalue weighted by Gasteiger charge is 2.40. The number of aliphatic hydroxyl groups is 1. The number of nitrogens with one attached hydrogen (secondary N) is 2. The van der Waals surface area contributed by atoms with E-state index in [0.717, 1.165) is 37.1 Å². The third kappa shape index (κ3) is 6.00. The lowest BCUT2D eigenvalue weighted by Crippen LogP contribution is -2.45. The molecule has 0 bridgehead atoms. The maximum Gasteiger partial charge on any atom is 0.406 e. The van der Waals surface area contributed by atoms with Crippen LogP contribution < -0.4 is 10.6 Å². The smallest absolute Gasteiger partial charge is 0.406 e. The molecule has 1 aliphatic heterocycles. The van der Waals surface area contributed by atoms with Crippen LogP contribution in [0.1, 0.15) is 47.9 Å². The zero-order valence-electron chi connectivity index (χ0n) is 18.4.